The van der Waals surface area contributed by atoms with Crippen molar-refractivity contribution in [2.45, 2.75) is 52.1 Å². The molecule has 1 aliphatic heterocycles. The van der Waals surface area contributed by atoms with Crippen molar-refractivity contribution in [2.24, 2.45) is 4.99 Å². The van der Waals surface area contributed by atoms with E-state index in [0.717, 1.165) is 43.5 Å². The Hall–Kier alpha value is -0.950. The van der Waals surface area contributed by atoms with E-state index in [1.807, 2.05) is 11.6 Å². The molecular weight excluding hydrogens is 495 g/mol. The van der Waals surface area contributed by atoms with Crippen molar-refractivity contribution in [1.82, 2.24) is 25.4 Å². The molecule has 2 rings (SSSR count). The molecule has 0 saturated carbocycles. The number of guanidine groups is 1. The van der Waals surface area contributed by atoms with Crippen molar-refractivity contribution in [2.75, 3.05) is 38.3 Å². The van der Waals surface area contributed by atoms with Crippen molar-refractivity contribution in [3.63, 3.8) is 0 Å². The number of nitrogens with zero attached hydrogens (tertiary/aromatic N) is 4. The molecule has 28 heavy (non-hydrogen) atoms. The van der Waals surface area contributed by atoms with Crippen molar-refractivity contribution < 1.29 is 13.2 Å². The second-order valence-corrected chi connectivity index (χ2v) is 9.37. The molecule has 0 bridgehead atoms. The van der Waals surface area contributed by atoms with E-state index in [9.17, 15) is 8.42 Å². The first-order chi connectivity index (χ1) is 12.8. The average molecular weight is 528 g/mol. The number of fused-ring (bicyclic) bond motifs is 1. The third-order valence-corrected chi connectivity index (χ3v) is 5.09. The number of hydrogen-bond donors (Lipinski definition) is 2. The number of nitrogens with one attached hydrogen (secondary N) is 2. The Kier molecular flexibility index (Phi) is 10.7. The number of aromatic nitrogens is 3. The zero-order chi connectivity index (χ0) is 19.9. The predicted molar refractivity (Wildman–Crippen MR) is 121 cm³/mol. The molecule has 1 aromatic heterocycles. The maximum Gasteiger partial charge on any atom is 0.191 e. The minimum Gasteiger partial charge on any atom is -0.378 e. The fourth-order valence-electron chi connectivity index (χ4n) is 2.74. The van der Waals surface area contributed by atoms with Gasteiger partial charge in [0.05, 0.1) is 32.1 Å². The van der Waals surface area contributed by atoms with E-state index in [-0.39, 0.29) is 42.4 Å². The SMILES string of the molecule is CCNC(=NCCOCCS(C)(=O)=O)NC1CCc2nc(C(C)C)nn2C1.I. The lowest BCUT2D eigenvalue weighted by molar-refractivity contribution is 0.157. The Morgan fingerprint density at radius 1 is 1.39 bits per heavy atom. The lowest BCUT2D eigenvalue weighted by Crippen LogP contribution is -2.47. The van der Waals surface area contributed by atoms with Crippen LogP contribution < -0.4 is 10.6 Å². The number of hydrogen-bond acceptors (Lipinski definition) is 6. The Balaban J connectivity index is 0.00000392. The number of aliphatic imine (C=N–C) groups is 1. The van der Waals surface area contributed by atoms with Crippen molar-refractivity contribution in [3.05, 3.63) is 11.6 Å². The molecule has 0 radical (unpaired) electrons. The highest BCUT2D eigenvalue weighted by molar-refractivity contribution is 14.0. The summed E-state index contributed by atoms with van der Waals surface area (Å²) in [6.45, 7) is 8.82. The van der Waals surface area contributed by atoms with Crippen LogP contribution in [0.2, 0.25) is 0 Å². The van der Waals surface area contributed by atoms with Crippen LogP contribution in [-0.2, 0) is 27.5 Å². The second-order valence-electron chi connectivity index (χ2n) is 7.11. The zero-order valence-electron chi connectivity index (χ0n) is 17.1. The molecule has 0 spiro atoms. The third-order valence-electron chi connectivity index (χ3n) is 4.18. The van der Waals surface area contributed by atoms with Crippen molar-refractivity contribution >= 4 is 39.8 Å². The molecule has 9 nitrogen and oxygen atoms in total. The molecule has 1 unspecified atom stereocenters. The van der Waals surface area contributed by atoms with Gasteiger partial charge in [-0.1, -0.05) is 13.8 Å². The van der Waals surface area contributed by atoms with Crippen molar-refractivity contribution in [1.29, 1.82) is 0 Å². The third kappa shape index (κ3) is 8.60. The quantitative estimate of drug-likeness (QED) is 0.213. The van der Waals surface area contributed by atoms with Gasteiger partial charge in [0.25, 0.3) is 0 Å². The molecule has 0 fully saturated rings. The van der Waals surface area contributed by atoms with Gasteiger partial charge in [0.15, 0.2) is 11.8 Å². The fourth-order valence-corrected chi connectivity index (χ4v) is 3.16. The summed E-state index contributed by atoms with van der Waals surface area (Å²) in [5, 5.41) is 11.3. The van der Waals surface area contributed by atoms with Gasteiger partial charge >= 0.3 is 0 Å². The topological polar surface area (TPSA) is 110 Å². The van der Waals surface area contributed by atoms with Crippen LogP contribution in [0, 0.1) is 0 Å². The molecule has 1 atom stereocenters. The first-order valence-corrected chi connectivity index (χ1v) is 11.6. The summed E-state index contributed by atoms with van der Waals surface area (Å²) >= 11 is 0. The molecule has 162 valence electrons. The van der Waals surface area contributed by atoms with Crippen LogP contribution in [-0.4, -0.2) is 73.5 Å². The van der Waals surface area contributed by atoms with Crippen LogP contribution in [0.3, 0.4) is 0 Å². The first-order valence-electron chi connectivity index (χ1n) is 9.52. The number of aryl methyl sites for hydroxylation is 1. The van der Waals surface area contributed by atoms with E-state index in [4.69, 9.17) is 4.74 Å². The van der Waals surface area contributed by atoms with Gasteiger partial charge in [-0.2, -0.15) is 5.10 Å². The second kappa shape index (κ2) is 11.9. The van der Waals surface area contributed by atoms with Crippen LogP contribution in [0.4, 0.5) is 0 Å². The van der Waals surface area contributed by atoms with Crippen LogP contribution in [0.5, 0.6) is 0 Å². The summed E-state index contributed by atoms with van der Waals surface area (Å²) in [6, 6.07) is 0.239. The lowest BCUT2D eigenvalue weighted by Gasteiger charge is -2.25. The Bertz CT molecular complexity index is 735. The normalized spacial score (nSPS) is 17.2. The molecule has 0 aromatic carbocycles. The van der Waals surface area contributed by atoms with E-state index in [1.54, 1.807) is 0 Å². The van der Waals surface area contributed by atoms with Gasteiger partial charge in [0.1, 0.15) is 15.7 Å². The molecular formula is C17H33IN6O3S. The largest absolute Gasteiger partial charge is 0.378 e. The summed E-state index contributed by atoms with van der Waals surface area (Å²) < 4.78 is 29.5. The summed E-state index contributed by atoms with van der Waals surface area (Å²) in [4.78, 5) is 9.12. The molecule has 2 heterocycles. The number of sulfone groups is 1. The highest BCUT2D eigenvalue weighted by Crippen LogP contribution is 2.16. The summed E-state index contributed by atoms with van der Waals surface area (Å²) in [5.74, 6) is 3.06. The molecule has 0 amide bonds. The molecule has 0 aliphatic carbocycles. The van der Waals surface area contributed by atoms with E-state index in [0.29, 0.717) is 19.1 Å². The van der Waals surface area contributed by atoms with Gasteiger partial charge in [-0.05, 0) is 13.3 Å². The minimum atomic E-state index is -2.98. The molecule has 11 heteroatoms. The van der Waals surface area contributed by atoms with Gasteiger partial charge in [-0.25, -0.2) is 18.1 Å². The summed E-state index contributed by atoms with van der Waals surface area (Å²) in [7, 11) is -2.98. The molecule has 0 saturated heterocycles. The molecule has 1 aliphatic rings. The maximum absolute atomic E-state index is 11.1. The van der Waals surface area contributed by atoms with Gasteiger partial charge in [-0.15, -0.1) is 24.0 Å². The van der Waals surface area contributed by atoms with Crippen LogP contribution in [0.25, 0.3) is 0 Å². The van der Waals surface area contributed by atoms with Crippen molar-refractivity contribution in [3.8, 4) is 0 Å². The number of ether oxygens (including phenoxy) is 1. The van der Waals surface area contributed by atoms with E-state index in [1.165, 1.54) is 6.26 Å². The summed E-state index contributed by atoms with van der Waals surface area (Å²) in [5.41, 5.74) is 0. The summed E-state index contributed by atoms with van der Waals surface area (Å²) in [6.07, 6.45) is 3.08. The fraction of sp³-hybridized carbons (Fsp3) is 0.824. The molecule has 2 N–H and O–H groups in total. The smallest absolute Gasteiger partial charge is 0.191 e. The minimum absolute atomic E-state index is 0. The standard InChI is InChI=1S/C17H32N6O3S.HI/c1-5-18-17(19-8-9-26-10-11-27(4,24)25)20-14-6-7-15-21-16(13(2)3)22-23(15)12-14;/h13-14H,5-12H2,1-4H3,(H2,18,19,20);1H. The van der Waals surface area contributed by atoms with E-state index in [2.05, 4.69) is 39.6 Å². The van der Waals surface area contributed by atoms with E-state index >= 15 is 0 Å². The van der Waals surface area contributed by atoms with Crippen LogP contribution in [0.1, 0.15) is 44.8 Å². The van der Waals surface area contributed by atoms with Crippen LogP contribution in [0.15, 0.2) is 4.99 Å². The zero-order valence-corrected chi connectivity index (χ0v) is 20.3. The van der Waals surface area contributed by atoms with Gasteiger partial charge < -0.3 is 15.4 Å². The number of rotatable bonds is 9. The van der Waals surface area contributed by atoms with Gasteiger partial charge in [0, 0.05) is 31.2 Å². The maximum atomic E-state index is 11.1. The first kappa shape index (κ1) is 25.1. The Labute approximate surface area is 185 Å². The average Bonchev–Trinajstić information content (AvgIpc) is 3.00. The Morgan fingerprint density at radius 2 is 2.14 bits per heavy atom. The highest BCUT2D eigenvalue weighted by Gasteiger charge is 2.23. The number of halogens is 1. The van der Waals surface area contributed by atoms with E-state index < -0.39 is 9.84 Å². The van der Waals surface area contributed by atoms with Crippen LogP contribution >= 0.6 is 24.0 Å². The molecule has 1 aromatic rings. The van der Waals surface area contributed by atoms with Gasteiger partial charge in [-0.3, -0.25) is 4.99 Å². The highest BCUT2D eigenvalue weighted by atomic mass is 127. The Morgan fingerprint density at radius 3 is 2.79 bits per heavy atom. The predicted octanol–water partition coefficient (Wildman–Crippen LogP) is 0.951. The monoisotopic (exact) mass is 528 g/mol. The lowest BCUT2D eigenvalue weighted by atomic mass is 10.1. The van der Waals surface area contributed by atoms with Gasteiger partial charge in [0.2, 0.25) is 0 Å².